The van der Waals surface area contributed by atoms with Crippen LogP contribution in [0.15, 0.2) is 24.3 Å². The number of likely N-dealkylation sites (N-methyl/N-ethyl adjacent to an activating group) is 1. The molecule has 2 unspecified atom stereocenters. The molecule has 0 amide bonds. The average molecular weight is 252 g/mol. The van der Waals surface area contributed by atoms with Gasteiger partial charge in [-0.1, -0.05) is 12.1 Å². The Morgan fingerprint density at radius 3 is 3.00 bits per heavy atom. The number of hydrogen-bond acceptors (Lipinski definition) is 3. The molecule has 0 aliphatic carbocycles. The van der Waals surface area contributed by atoms with E-state index in [2.05, 4.69) is 4.90 Å². The van der Waals surface area contributed by atoms with Gasteiger partial charge in [0.05, 0.1) is 6.61 Å². The van der Waals surface area contributed by atoms with Gasteiger partial charge in [0, 0.05) is 31.7 Å². The van der Waals surface area contributed by atoms with Gasteiger partial charge in [0.15, 0.2) is 0 Å². The van der Waals surface area contributed by atoms with Gasteiger partial charge in [-0.25, -0.2) is 4.39 Å². The molecule has 4 heteroatoms. The number of rotatable bonds is 5. The molecule has 1 heterocycles. The summed E-state index contributed by atoms with van der Waals surface area (Å²) in [7, 11) is 2.04. The van der Waals surface area contributed by atoms with Crippen molar-refractivity contribution in [3.05, 3.63) is 35.6 Å². The van der Waals surface area contributed by atoms with Crippen LogP contribution in [0, 0.1) is 11.7 Å². The third kappa shape index (κ3) is 3.28. The van der Waals surface area contributed by atoms with Crippen molar-refractivity contribution in [3.63, 3.8) is 0 Å². The second-order valence-electron chi connectivity index (χ2n) is 4.97. The van der Waals surface area contributed by atoms with Gasteiger partial charge in [0.1, 0.15) is 5.82 Å². The maximum atomic E-state index is 13.1. The van der Waals surface area contributed by atoms with Crippen molar-refractivity contribution in [2.45, 2.75) is 19.0 Å². The van der Waals surface area contributed by atoms with Crippen LogP contribution in [0.25, 0.3) is 0 Å². The Bertz CT molecular complexity index is 380. The van der Waals surface area contributed by atoms with Gasteiger partial charge >= 0.3 is 0 Å². The van der Waals surface area contributed by atoms with E-state index in [1.165, 1.54) is 6.07 Å². The fourth-order valence-corrected chi connectivity index (χ4v) is 2.63. The third-order valence-electron chi connectivity index (χ3n) is 3.64. The minimum absolute atomic E-state index is 0.186. The van der Waals surface area contributed by atoms with E-state index < -0.39 is 0 Å². The third-order valence-corrected chi connectivity index (χ3v) is 3.64. The summed E-state index contributed by atoms with van der Waals surface area (Å²) in [4.78, 5) is 2.20. The molecule has 3 nitrogen and oxygen atoms in total. The summed E-state index contributed by atoms with van der Waals surface area (Å²) in [5.74, 6) is 0.308. The highest BCUT2D eigenvalue weighted by Gasteiger charge is 2.27. The number of nitrogens with zero attached hydrogens (tertiary/aromatic N) is 1. The lowest BCUT2D eigenvalue weighted by molar-refractivity contribution is 0.136. The van der Waals surface area contributed by atoms with Crippen LogP contribution in [0.5, 0.6) is 0 Å². The molecule has 1 aliphatic heterocycles. The van der Waals surface area contributed by atoms with Crippen LogP contribution in [0.1, 0.15) is 12.0 Å². The SMILES string of the molecule is CN(Cc1cccc(F)c1)C(CN)C1CCOC1. The fourth-order valence-electron chi connectivity index (χ4n) is 2.63. The topological polar surface area (TPSA) is 38.5 Å². The largest absolute Gasteiger partial charge is 0.381 e. The Labute approximate surface area is 108 Å². The lowest BCUT2D eigenvalue weighted by atomic mass is 9.97. The molecule has 0 aromatic heterocycles. The van der Waals surface area contributed by atoms with Crippen molar-refractivity contribution in [1.29, 1.82) is 0 Å². The van der Waals surface area contributed by atoms with Crippen molar-refractivity contribution in [1.82, 2.24) is 4.90 Å². The van der Waals surface area contributed by atoms with Gasteiger partial charge in [0.25, 0.3) is 0 Å². The highest BCUT2D eigenvalue weighted by Crippen LogP contribution is 2.21. The quantitative estimate of drug-likeness (QED) is 0.865. The molecule has 0 bridgehead atoms. The highest BCUT2D eigenvalue weighted by molar-refractivity contribution is 5.16. The molecular weight excluding hydrogens is 231 g/mol. The number of halogens is 1. The number of hydrogen-bond donors (Lipinski definition) is 1. The number of nitrogens with two attached hydrogens (primary N) is 1. The number of benzene rings is 1. The predicted octanol–water partition coefficient (Wildman–Crippen LogP) is 1.62. The van der Waals surface area contributed by atoms with E-state index in [0.717, 1.165) is 31.7 Å². The zero-order valence-electron chi connectivity index (χ0n) is 10.8. The predicted molar refractivity (Wildman–Crippen MR) is 69.6 cm³/mol. The first kappa shape index (κ1) is 13.5. The molecular formula is C14H21FN2O. The Hall–Kier alpha value is -0.970. The second kappa shape index (κ2) is 6.27. The van der Waals surface area contributed by atoms with E-state index in [4.69, 9.17) is 10.5 Å². The molecule has 1 saturated heterocycles. The summed E-state index contributed by atoms with van der Waals surface area (Å²) >= 11 is 0. The Morgan fingerprint density at radius 2 is 2.39 bits per heavy atom. The van der Waals surface area contributed by atoms with Gasteiger partial charge in [-0.3, -0.25) is 4.90 Å². The van der Waals surface area contributed by atoms with Crippen LogP contribution in [-0.2, 0) is 11.3 Å². The van der Waals surface area contributed by atoms with E-state index in [9.17, 15) is 4.39 Å². The number of ether oxygens (including phenoxy) is 1. The first-order valence-electron chi connectivity index (χ1n) is 6.43. The molecule has 2 N–H and O–H groups in total. The van der Waals surface area contributed by atoms with Crippen LogP contribution in [0.4, 0.5) is 4.39 Å². The van der Waals surface area contributed by atoms with Gasteiger partial charge in [0.2, 0.25) is 0 Å². The lowest BCUT2D eigenvalue weighted by Gasteiger charge is -2.31. The van der Waals surface area contributed by atoms with Crippen LogP contribution < -0.4 is 5.73 Å². The maximum absolute atomic E-state index is 13.1. The first-order chi connectivity index (χ1) is 8.70. The van der Waals surface area contributed by atoms with Gasteiger partial charge in [-0.15, -0.1) is 0 Å². The van der Waals surface area contributed by atoms with Crippen molar-refractivity contribution in [2.75, 3.05) is 26.8 Å². The smallest absolute Gasteiger partial charge is 0.123 e. The molecule has 18 heavy (non-hydrogen) atoms. The summed E-state index contributed by atoms with van der Waals surface area (Å²) < 4.78 is 18.6. The minimum atomic E-state index is -0.186. The summed E-state index contributed by atoms with van der Waals surface area (Å²) in [6, 6.07) is 7.03. The van der Waals surface area contributed by atoms with Gasteiger partial charge in [-0.05, 0) is 31.2 Å². The van der Waals surface area contributed by atoms with Crippen LogP contribution in [0.3, 0.4) is 0 Å². The lowest BCUT2D eigenvalue weighted by Crippen LogP contribution is -2.43. The molecule has 100 valence electrons. The normalized spacial score (nSPS) is 21.4. The molecule has 0 saturated carbocycles. The van der Waals surface area contributed by atoms with Gasteiger partial charge in [-0.2, -0.15) is 0 Å². The zero-order valence-corrected chi connectivity index (χ0v) is 10.8. The fraction of sp³-hybridized carbons (Fsp3) is 0.571. The first-order valence-corrected chi connectivity index (χ1v) is 6.43. The average Bonchev–Trinajstić information content (AvgIpc) is 2.83. The summed E-state index contributed by atoms with van der Waals surface area (Å²) in [5.41, 5.74) is 6.85. The van der Waals surface area contributed by atoms with Crippen LogP contribution in [-0.4, -0.2) is 37.7 Å². The molecule has 1 aliphatic rings. The van der Waals surface area contributed by atoms with Crippen molar-refractivity contribution in [3.8, 4) is 0 Å². The molecule has 2 rings (SSSR count). The Balaban J connectivity index is 1.98. The monoisotopic (exact) mass is 252 g/mol. The van der Waals surface area contributed by atoms with Crippen LogP contribution in [0.2, 0.25) is 0 Å². The summed E-state index contributed by atoms with van der Waals surface area (Å²) in [5, 5.41) is 0. The zero-order chi connectivity index (χ0) is 13.0. The summed E-state index contributed by atoms with van der Waals surface area (Å²) in [6.07, 6.45) is 1.06. The Morgan fingerprint density at radius 1 is 1.56 bits per heavy atom. The molecule has 2 atom stereocenters. The van der Waals surface area contributed by atoms with E-state index in [0.29, 0.717) is 18.5 Å². The molecule has 1 aromatic rings. The maximum Gasteiger partial charge on any atom is 0.123 e. The minimum Gasteiger partial charge on any atom is -0.381 e. The van der Waals surface area contributed by atoms with E-state index in [1.54, 1.807) is 12.1 Å². The van der Waals surface area contributed by atoms with E-state index in [-0.39, 0.29) is 5.82 Å². The molecule has 0 spiro atoms. The van der Waals surface area contributed by atoms with Gasteiger partial charge < -0.3 is 10.5 Å². The molecule has 1 fully saturated rings. The highest BCUT2D eigenvalue weighted by atomic mass is 19.1. The van der Waals surface area contributed by atoms with Crippen molar-refractivity contribution >= 4 is 0 Å². The standard InChI is InChI=1S/C14H21FN2O/c1-17(9-11-3-2-4-13(15)7-11)14(8-16)12-5-6-18-10-12/h2-4,7,12,14H,5-6,8-10,16H2,1H3. The second-order valence-corrected chi connectivity index (χ2v) is 4.97. The molecule has 0 radical (unpaired) electrons. The van der Waals surface area contributed by atoms with Crippen molar-refractivity contribution in [2.24, 2.45) is 11.7 Å². The van der Waals surface area contributed by atoms with E-state index in [1.807, 2.05) is 13.1 Å². The summed E-state index contributed by atoms with van der Waals surface area (Å²) in [6.45, 7) is 2.94. The van der Waals surface area contributed by atoms with E-state index >= 15 is 0 Å². The molecule has 1 aromatic carbocycles. The van der Waals surface area contributed by atoms with Crippen molar-refractivity contribution < 1.29 is 9.13 Å². The Kier molecular flexibility index (Phi) is 4.69. The van der Waals surface area contributed by atoms with Crippen LogP contribution >= 0.6 is 0 Å².